The van der Waals surface area contributed by atoms with Crippen molar-refractivity contribution >= 4 is 29.3 Å². The molecule has 0 aliphatic heterocycles. The molecule has 0 saturated heterocycles. The Balaban J connectivity index is 2.86. The predicted molar refractivity (Wildman–Crippen MR) is 77.2 cm³/mol. The van der Waals surface area contributed by atoms with Crippen molar-refractivity contribution in [1.82, 2.24) is 4.90 Å². The van der Waals surface area contributed by atoms with Crippen LogP contribution in [0.2, 0.25) is 0 Å². The van der Waals surface area contributed by atoms with Crippen LogP contribution in [-0.2, 0) is 9.59 Å². The summed E-state index contributed by atoms with van der Waals surface area (Å²) in [6, 6.07) is 1.98. The zero-order valence-electron chi connectivity index (χ0n) is 11.6. The van der Waals surface area contributed by atoms with E-state index < -0.39 is 11.5 Å². The molecule has 0 aliphatic carbocycles. The lowest BCUT2D eigenvalue weighted by Crippen LogP contribution is -2.47. The number of hydrogen-bond acceptors (Lipinski definition) is 3. The Morgan fingerprint density at radius 2 is 2.05 bits per heavy atom. The second-order valence-corrected chi connectivity index (χ2v) is 6.24. The number of nitrogens with zero attached hydrogens (tertiary/aromatic N) is 1. The summed E-state index contributed by atoms with van der Waals surface area (Å²) >= 11 is 1.55. The van der Waals surface area contributed by atoms with Crippen LogP contribution < -0.4 is 0 Å². The van der Waals surface area contributed by atoms with Gasteiger partial charge in [-0.3, -0.25) is 9.59 Å². The highest BCUT2D eigenvalue weighted by Gasteiger charge is 2.26. The molecule has 0 spiro atoms. The first-order valence-corrected chi connectivity index (χ1v) is 6.85. The van der Waals surface area contributed by atoms with Crippen LogP contribution in [0.1, 0.15) is 31.2 Å². The number of rotatable bonds is 4. The molecule has 104 valence electrons. The van der Waals surface area contributed by atoms with Crippen molar-refractivity contribution in [3.05, 3.63) is 28.0 Å². The van der Waals surface area contributed by atoms with Gasteiger partial charge in [-0.2, -0.15) is 0 Å². The van der Waals surface area contributed by atoms with E-state index in [0.717, 1.165) is 10.4 Å². The number of aliphatic carboxylic acids is 1. The number of carboxylic acids is 1. The Morgan fingerprint density at radius 3 is 2.47 bits per heavy atom. The third-order valence-electron chi connectivity index (χ3n) is 2.65. The molecular formula is C14H19NO3S. The van der Waals surface area contributed by atoms with Crippen LogP contribution >= 0.6 is 11.3 Å². The summed E-state index contributed by atoms with van der Waals surface area (Å²) in [6.07, 6.45) is 3.18. The Labute approximate surface area is 117 Å². The van der Waals surface area contributed by atoms with E-state index >= 15 is 0 Å². The molecule has 1 amide bonds. The van der Waals surface area contributed by atoms with Gasteiger partial charge < -0.3 is 10.0 Å². The van der Waals surface area contributed by atoms with Crippen LogP contribution in [0.4, 0.5) is 0 Å². The van der Waals surface area contributed by atoms with Crippen molar-refractivity contribution in [2.45, 2.75) is 33.2 Å². The number of amides is 1. The molecule has 0 saturated carbocycles. The normalized spacial score (nSPS) is 11.8. The van der Waals surface area contributed by atoms with Crippen molar-refractivity contribution in [1.29, 1.82) is 0 Å². The third kappa shape index (κ3) is 4.52. The maximum Gasteiger partial charge on any atom is 0.323 e. The van der Waals surface area contributed by atoms with Crippen LogP contribution in [0, 0.1) is 6.92 Å². The molecular weight excluding hydrogens is 262 g/mol. The standard InChI is InChI=1S/C14H19NO3S/c1-10-7-8-19-11(10)5-6-12(16)15(9-13(17)18)14(2,3)4/h5-8H,9H2,1-4H3,(H,17,18). The minimum Gasteiger partial charge on any atom is -0.480 e. The van der Waals surface area contributed by atoms with E-state index in [1.165, 1.54) is 11.0 Å². The van der Waals surface area contributed by atoms with Crippen molar-refractivity contribution in [2.24, 2.45) is 0 Å². The first kappa shape index (κ1) is 15.4. The second kappa shape index (κ2) is 6.02. The largest absolute Gasteiger partial charge is 0.480 e. The van der Waals surface area contributed by atoms with Gasteiger partial charge in [-0.15, -0.1) is 11.3 Å². The molecule has 5 heteroatoms. The molecule has 1 heterocycles. The second-order valence-electron chi connectivity index (χ2n) is 5.29. The van der Waals surface area contributed by atoms with Gasteiger partial charge in [0.05, 0.1) is 0 Å². The van der Waals surface area contributed by atoms with E-state index in [4.69, 9.17) is 5.11 Å². The number of thiophene rings is 1. The minimum atomic E-state index is -1.01. The zero-order valence-corrected chi connectivity index (χ0v) is 12.5. The average Bonchev–Trinajstić information content (AvgIpc) is 2.67. The summed E-state index contributed by atoms with van der Waals surface area (Å²) in [5.74, 6) is -1.30. The van der Waals surface area contributed by atoms with E-state index in [1.54, 1.807) is 17.4 Å². The molecule has 1 rings (SSSR count). The maximum absolute atomic E-state index is 12.1. The molecule has 19 heavy (non-hydrogen) atoms. The number of hydrogen-bond donors (Lipinski definition) is 1. The van der Waals surface area contributed by atoms with E-state index in [9.17, 15) is 9.59 Å². The van der Waals surface area contributed by atoms with Crippen molar-refractivity contribution in [3.8, 4) is 0 Å². The fourth-order valence-electron chi connectivity index (χ4n) is 1.57. The molecule has 0 radical (unpaired) electrons. The number of carbonyl (C=O) groups is 2. The van der Waals surface area contributed by atoms with Gasteiger partial charge in [-0.25, -0.2) is 0 Å². The monoisotopic (exact) mass is 281 g/mol. The lowest BCUT2D eigenvalue weighted by molar-refractivity contribution is -0.145. The molecule has 0 aromatic carbocycles. The number of aryl methyl sites for hydroxylation is 1. The van der Waals surface area contributed by atoms with Gasteiger partial charge >= 0.3 is 5.97 Å². The fraction of sp³-hybridized carbons (Fsp3) is 0.429. The highest BCUT2D eigenvalue weighted by molar-refractivity contribution is 7.11. The third-order valence-corrected chi connectivity index (χ3v) is 3.63. The van der Waals surface area contributed by atoms with E-state index in [1.807, 2.05) is 39.1 Å². The zero-order chi connectivity index (χ0) is 14.6. The fourth-order valence-corrected chi connectivity index (χ4v) is 2.39. The SMILES string of the molecule is Cc1ccsc1C=CC(=O)N(CC(=O)O)C(C)(C)C. The van der Waals surface area contributed by atoms with Gasteiger partial charge in [0.15, 0.2) is 0 Å². The molecule has 1 aromatic heterocycles. The van der Waals surface area contributed by atoms with Crippen molar-refractivity contribution in [2.75, 3.05) is 6.54 Å². The van der Waals surface area contributed by atoms with Gasteiger partial charge in [-0.1, -0.05) is 0 Å². The van der Waals surface area contributed by atoms with Gasteiger partial charge in [0.1, 0.15) is 6.54 Å². The first-order chi connectivity index (χ1) is 8.71. The topological polar surface area (TPSA) is 57.6 Å². The molecule has 0 bridgehead atoms. The molecule has 0 aliphatic rings. The summed E-state index contributed by atoms with van der Waals surface area (Å²) in [6.45, 7) is 7.13. The van der Waals surface area contributed by atoms with Gasteiger partial charge in [0, 0.05) is 16.5 Å². The summed E-state index contributed by atoms with van der Waals surface area (Å²) in [4.78, 5) is 25.3. The van der Waals surface area contributed by atoms with Crippen LogP contribution in [0.3, 0.4) is 0 Å². The molecule has 0 unspecified atom stereocenters. The molecule has 4 nitrogen and oxygen atoms in total. The van der Waals surface area contributed by atoms with Gasteiger partial charge in [0.25, 0.3) is 0 Å². The lowest BCUT2D eigenvalue weighted by Gasteiger charge is -2.33. The summed E-state index contributed by atoms with van der Waals surface area (Å²) in [7, 11) is 0. The Hall–Kier alpha value is -1.62. The molecule has 0 fully saturated rings. The van der Waals surface area contributed by atoms with Crippen LogP contribution in [0.25, 0.3) is 6.08 Å². The molecule has 1 N–H and O–H groups in total. The quantitative estimate of drug-likeness (QED) is 0.863. The minimum absolute atomic E-state index is 0.289. The molecule has 1 aromatic rings. The number of carboxylic acid groups (broad SMARTS) is 1. The van der Waals surface area contributed by atoms with Crippen molar-refractivity contribution < 1.29 is 14.7 Å². The lowest BCUT2D eigenvalue weighted by atomic mass is 10.1. The Morgan fingerprint density at radius 1 is 1.42 bits per heavy atom. The Kier molecular flexibility index (Phi) is 4.89. The van der Waals surface area contributed by atoms with Crippen LogP contribution in [-0.4, -0.2) is 34.0 Å². The van der Waals surface area contributed by atoms with Gasteiger partial charge in [-0.05, 0) is 50.8 Å². The maximum atomic E-state index is 12.1. The smallest absolute Gasteiger partial charge is 0.323 e. The molecule has 0 atom stereocenters. The highest BCUT2D eigenvalue weighted by atomic mass is 32.1. The van der Waals surface area contributed by atoms with Gasteiger partial charge in [0.2, 0.25) is 5.91 Å². The highest BCUT2D eigenvalue weighted by Crippen LogP contribution is 2.18. The summed E-state index contributed by atoms with van der Waals surface area (Å²) in [5, 5.41) is 10.8. The van der Waals surface area contributed by atoms with Crippen LogP contribution in [0.5, 0.6) is 0 Å². The van der Waals surface area contributed by atoms with E-state index in [2.05, 4.69) is 0 Å². The Bertz CT molecular complexity index is 497. The summed E-state index contributed by atoms with van der Waals surface area (Å²) < 4.78 is 0. The van der Waals surface area contributed by atoms with Crippen LogP contribution in [0.15, 0.2) is 17.5 Å². The van der Waals surface area contributed by atoms with E-state index in [-0.39, 0.29) is 12.5 Å². The van der Waals surface area contributed by atoms with Crippen molar-refractivity contribution in [3.63, 3.8) is 0 Å². The first-order valence-electron chi connectivity index (χ1n) is 5.97. The average molecular weight is 281 g/mol. The predicted octanol–water partition coefficient (Wildman–Crippen LogP) is 2.78. The summed E-state index contributed by atoms with van der Waals surface area (Å²) in [5.41, 5.74) is 0.583. The number of carbonyl (C=O) groups excluding carboxylic acids is 1. The van der Waals surface area contributed by atoms with E-state index in [0.29, 0.717) is 0 Å².